The number of imidazole rings is 1. The van der Waals surface area contributed by atoms with Gasteiger partial charge in [-0.25, -0.2) is 9.78 Å². The van der Waals surface area contributed by atoms with Gasteiger partial charge in [0.05, 0.1) is 17.1 Å². The lowest BCUT2D eigenvalue weighted by Gasteiger charge is -2.25. The Morgan fingerprint density at radius 1 is 1.29 bits per heavy atom. The van der Waals surface area contributed by atoms with E-state index in [1.54, 1.807) is 4.90 Å². The minimum atomic E-state index is -0.604. The van der Waals surface area contributed by atoms with Gasteiger partial charge in [0.15, 0.2) is 0 Å². The molecule has 8 nitrogen and oxygen atoms in total. The molecule has 0 saturated carbocycles. The molecule has 2 aliphatic heterocycles. The second-order valence-corrected chi connectivity index (χ2v) is 7.76. The van der Waals surface area contributed by atoms with Gasteiger partial charge >= 0.3 is 6.03 Å². The third kappa shape index (κ3) is 3.56. The molecular formula is C20H27N5O3. The van der Waals surface area contributed by atoms with Crippen molar-refractivity contribution < 1.29 is 14.3 Å². The number of fused-ring (bicyclic) bond motifs is 3. The fraction of sp³-hybridized carbons (Fsp3) is 0.550. The number of anilines is 1. The summed E-state index contributed by atoms with van der Waals surface area (Å²) in [5.41, 5.74) is 1.88. The average molecular weight is 385 g/mol. The number of hydrogen-bond donors (Lipinski definition) is 2. The standard InChI is InChI=1S/C20H27N5O3/c1-13(2)17(18(26)21-12-14-6-5-11-28-14)23-20(27)25-10-9-24-16-8-4-3-7-15(16)22-19(24)25/h3-4,7-8,13-14,17H,5-6,9-12H2,1-2H3,(H,21,26)(H,23,27)/t14-,17-/m0/s1. The Morgan fingerprint density at radius 3 is 2.86 bits per heavy atom. The van der Waals surface area contributed by atoms with Crippen LogP contribution in [0.5, 0.6) is 0 Å². The van der Waals surface area contributed by atoms with Crippen molar-refractivity contribution >= 4 is 28.9 Å². The number of para-hydroxylation sites is 2. The zero-order valence-corrected chi connectivity index (χ0v) is 16.4. The van der Waals surface area contributed by atoms with Crippen LogP contribution < -0.4 is 15.5 Å². The lowest BCUT2D eigenvalue weighted by Crippen LogP contribution is -2.54. The number of carbonyl (C=O) groups excluding carboxylic acids is 2. The van der Waals surface area contributed by atoms with E-state index in [1.165, 1.54) is 0 Å². The Balaban J connectivity index is 1.43. The SMILES string of the molecule is CC(C)[C@H](NC(=O)N1CCn2c1nc1ccccc12)C(=O)NC[C@@H]1CCCO1. The van der Waals surface area contributed by atoms with Crippen molar-refractivity contribution in [2.24, 2.45) is 5.92 Å². The second kappa shape index (κ2) is 7.79. The number of benzene rings is 1. The van der Waals surface area contributed by atoms with Crippen LogP contribution in [0, 0.1) is 5.92 Å². The summed E-state index contributed by atoms with van der Waals surface area (Å²) in [5.74, 6) is 0.419. The zero-order chi connectivity index (χ0) is 19.7. The van der Waals surface area contributed by atoms with E-state index in [0.717, 1.165) is 30.5 Å². The largest absolute Gasteiger partial charge is 0.376 e. The van der Waals surface area contributed by atoms with Crippen molar-refractivity contribution in [1.29, 1.82) is 0 Å². The first-order chi connectivity index (χ1) is 13.5. The maximum absolute atomic E-state index is 12.9. The molecule has 2 aliphatic rings. The predicted octanol–water partition coefficient (Wildman–Crippen LogP) is 1.89. The van der Waals surface area contributed by atoms with Crippen molar-refractivity contribution in [3.63, 3.8) is 0 Å². The highest BCUT2D eigenvalue weighted by molar-refractivity contribution is 5.96. The van der Waals surface area contributed by atoms with Crippen LogP contribution in [-0.2, 0) is 16.1 Å². The highest BCUT2D eigenvalue weighted by atomic mass is 16.5. The maximum Gasteiger partial charge on any atom is 0.324 e. The topological polar surface area (TPSA) is 88.5 Å². The monoisotopic (exact) mass is 385 g/mol. The van der Waals surface area contributed by atoms with Crippen LogP contribution in [0.1, 0.15) is 26.7 Å². The van der Waals surface area contributed by atoms with Crippen LogP contribution in [0.3, 0.4) is 0 Å². The number of nitrogens with one attached hydrogen (secondary N) is 2. The zero-order valence-electron chi connectivity index (χ0n) is 16.4. The Bertz CT molecular complexity index is 872. The number of rotatable bonds is 5. The quantitative estimate of drug-likeness (QED) is 0.823. The summed E-state index contributed by atoms with van der Waals surface area (Å²) in [6.07, 6.45) is 2.06. The molecule has 0 unspecified atom stereocenters. The first kappa shape index (κ1) is 18.7. The molecule has 1 saturated heterocycles. The molecule has 0 aliphatic carbocycles. The molecular weight excluding hydrogens is 358 g/mol. The number of urea groups is 1. The third-order valence-electron chi connectivity index (χ3n) is 5.42. The Labute approximate surface area is 164 Å². The van der Waals surface area contributed by atoms with Crippen molar-refractivity contribution in [1.82, 2.24) is 20.2 Å². The second-order valence-electron chi connectivity index (χ2n) is 7.76. The number of ether oxygens (including phenoxy) is 1. The number of hydrogen-bond acceptors (Lipinski definition) is 4. The van der Waals surface area contributed by atoms with Gasteiger partial charge < -0.3 is 19.9 Å². The molecule has 0 bridgehead atoms. The molecule has 3 heterocycles. The fourth-order valence-corrected chi connectivity index (χ4v) is 3.86. The van der Waals surface area contributed by atoms with Crippen molar-refractivity contribution in [2.75, 3.05) is 24.6 Å². The van der Waals surface area contributed by atoms with Crippen LogP contribution in [0.4, 0.5) is 10.7 Å². The molecule has 0 radical (unpaired) electrons. The van der Waals surface area contributed by atoms with Gasteiger partial charge in [0.25, 0.3) is 0 Å². The molecule has 150 valence electrons. The summed E-state index contributed by atoms with van der Waals surface area (Å²) < 4.78 is 7.59. The highest BCUT2D eigenvalue weighted by Gasteiger charge is 2.32. The van der Waals surface area contributed by atoms with Crippen LogP contribution in [0.25, 0.3) is 11.0 Å². The van der Waals surface area contributed by atoms with Gasteiger partial charge in [-0.05, 0) is 30.9 Å². The molecule has 3 amide bonds. The summed E-state index contributed by atoms with van der Waals surface area (Å²) in [6, 6.07) is 6.94. The smallest absolute Gasteiger partial charge is 0.324 e. The molecule has 1 aromatic heterocycles. The first-order valence-corrected chi connectivity index (χ1v) is 9.97. The van der Waals surface area contributed by atoms with Crippen molar-refractivity contribution in [3.8, 4) is 0 Å². The van der Waals surface area contributed by atoms with Gasteiger partial charge in [0.2, 0.25) is 11.9 Å². The van der Waals surface area contributed by atoms with Gasteiger partial charge in [-0.2, -0.15) is 0 Å². The molecule has 8 heteroatoms. The highest BCUT2D eigenvalue weighted by Crippen LogP contribution is 2.27. The number of amides is 3. The maximum atomic E-state index is 12.9. The van der Waals surface area contributed by atoms with Crippen LogP contribution >= 0.6 is 0 Å². The minimum Gasteiger partial charge on any atom is -0.376 e. The number of carbonyl (C=O) groups is 2. The minimum absolute atomic E-state index is 0.0325. The normalized spacial score (nSPS) is 19.8. The fourth-order valence-electron chi connectivity index (χ4n) is 3.86. The first-order valence-electron chi connectivity index (χ1n) is 9.97. The van der Waals surface area contributed by atoms with E-state index in [4.69, 9.17) is 4.74 Å². The molecule has 28 heavy (non-hydrogen) atoms. The van der Waals surface area contributed by atoms with Crippen LogP contribution in [0.15, 0.2) is 24.3 Å². The summed E-state index contributed by atoms with van der Waals surface area (Å²) in [4.78, 5) is 31.8. The molecule has 0 spiro atoms. The summed E-state index contributed by atoms with van der Waals surface area (Å²) in [5, 5.41) is 5.82. The summed E-state index contributed by atoms with van der Waals surface area (Å²) in [7, 11) is 0. The van der Waals surface area contributed by atoms with Crippen LogP contribution in [-0.4, -0.2) is 53.3 Å². The van der Waals surface area contributed by atoms with Gasteiger partial charge in [0.1, 0.15) is 6.04 Å². The molecule has 1 aromatic carbocycles. The Kier molecular flexibility index (Phi) is 5.21. The van der Waals surface area contributed by atoms with Gasteiger partial charge in [-0.1, -0.05) is 26.0 Å². The lowest BCUT2D eigenvalue weighted by atomic mass is 10.0. The van der Waals surface area contributed by atoms with E-state index in [1.807, 2.05) is 42.7 Å². The Hall–Kier alpha value is -2.61. The van der Waals surface area contributed by atoms with Crippen LogP contribution in [0.2, 0.25) is 0 Å². The van der Waals surface area contributed by atoms with E-state index < -0.39 is 6.04 Å². The predicted molar refractivity (Wildman–Crippen MR) is 106 cm³/mol. The summed E-state index contributed by atoms with van der Waals surface area (Å²) in [6.45, 7) is 6.33. The van der Waals surface area contributed by atoms with E-state index >= 15 is 0 Å². The van der Waals surface area contributed by atoms with E-state index in [-0.39, 0.29) is 24.0 Å². The average Bonchev–Trinajstić information content (AvgIpc) is 3.40. The van der Waals surface area contributed by atoms with E-state index in [0.29, 0.717) is 25.6 Å². The third-order valence-corrected chi connectivity index (χ3v) is 5.42. The van der Waals surface area contributed by atoms with Crippen molar-refractivity contribution in [2.45, 2.75) is 45.4 Å². The number of aromatic nitrogens is 2. The molecule has 1 fully saturated rings. The molecule has 2 aromatic rings. The van der Waals surface area contributed by atoms with E-state index in [9.17, 15) is 9.59 Å². The lowest BCUT2D eigenvalue weighted by molar-refractivity contribution is -0.124. The summed E-state index contributed by atoms with van der Waals surface area (Å²) >= 11 is 0. The molecule has 4 rings (SSSR count). The molecule has 2 atom stereocenters. The Morgan fingerprint density at radius 2 is 2.11 bits per heavy atom. The van der Waals surface area contributed by atoms with Crippen molar-refractivity contribution in [3.05, 3.63) is 24.3 Å². The number of nitrogens with zero attached hydrogens (tertiary/aromatic N) is 3. The van der Waals surface area contributed by atoms with Gasteiger partial charge in [-0.3, -0.25) is 9.69 Å². The molecule has 2 N–H and O–H groups in total. The van der Waals surface area contributed by atoms with Gasteiger partial charge in [0, 0.05) is 26.2 Å². The van der Waals surface area contributed by atoms with E-state index in [2.05, 4.69) is 15.6 Å². The van der Waals surface area contributed by atoms with Gasteiger partial charge in [-0.15, -0.1) is 0 Å².